The van der Waals surface area contributed by atoms with Crippen molar-refractivity contribution in [1.82, 2.24) is 15.1 Å². The van der Waals surface area contributed by atoms with Gasteiger partial charge in [0.1, 0.15) is 6.10 Å². The Bertz CT molecular complexity index is 462. The minimum absolute atomic E-state index is 0.190. The topological polar surface area (TPSA) is 39.1 Å². The summed E-state index contributed by atoms with van der Waals surface area (Å²) in [7, 11) is 1.99. The first kappa shape index (κ1) is 16.2. The van der Waals surface area contributed by atoms with Gasteiger partial charge in [-0.25, -0.2) is 0 Å². The summed E-state index contributed by atoms with van der Waals surface area (Å²) in [4.78, 5) is 0. The smallest absolute Gasteiger partial charge is 0.103 e. The molecule has 3 atom stereocenters. The van der Waals surface area contributed by atoms with Gasteiger partial charge in [0.2, 0.25) is 0 Å². The van der Waals surface area contributed by atoms with Crippen LogP contribution in [0.1, 0.15) is 51.8 Å². The summed E-state index contributed by atoms with van der Waals surface area (Å²) in [5, 5.41) is 7.93. The molecule has 2 heterocycles. The molecule has 4 nitrogen and oxygen atoms in total. The molecule has 0 bridgehead atoms. The van der Waals surface area contributed by atoms with Gasteiger partial charge in [-0.15, -0.1) is 0 Å². The van der Waals surface area contributed by atoms with E-state index in [2.05, 4.69) is 43.3 Å². The molecule has 1 saturated heterocycles. The summed E-state index contributed by atoms with van der Waals surface area (Å²) >= 11 is 0. The molecule has 1 N–H and O–H groups in total. The maximum Gasteiger partial charge on any atom is 0.103 e. The fraction of sp³-hybridized carbons (Fsp3) is 0.706. The molecule has 1 aliphatic heterocycles. The summed E-state index contributed by atoms with van der Waals surface area (Å²) < 4.78 is 7.86. The SMILES string of the molecule is CC(C)=CCC[C@H](C)NC[C@@H]1CCO[C@H]1c1ccnn1C. The summed E-state index contributed by atoms with van der Waals surface area (Å²) in [5.74, 6) is 0.548. The number of aromatic nitrogens is 2. The van der Waals surface area contributed by atoms with Crippen molar-refractivity contribution in [3.8, 4) is 0 Å². The predicted molar refractivity (Wildman–Crippen MR) is 86.1 cm³/mol. The Kier molecular flexibility index (Phi) is 6.00. The molecule has 1 aromatic rings. The molecular formula is C17H29N3O. The van der Waals surface area contributed by atoms with Crippen molar-refractivity contribution in [1.29, 1.82) is 0 Å². The van der Waals surface area contributed by atoms with Gasteiger partial charge in [0.15, 0.2) is 0 Å². The molecule has 0 aliphatic carbocycles. The second-order valence-corrected chi connectivity index (χ2v) is 6.39. The van der Waals surface area contributed by atoms with E-state index in [0.29, 0.717) is 12.0 Å². The summed E-state index contributed by atoms with van der Waals surface area (Å²) in [6, 6.07) is 2.62. The maximum absolute atomic E-state index is 5.93. The third-order valence-corrected chi connectivity index (χ3v) is 4.25. The highest BCUT2D eigenvalue weighted by atomic mass is 16.5. The molecule has 4 heteroatoms. The van der Waals surface area contributed by atoms with Crippen LogP contribution < -0.4 is 5.32 Å². The van der Waals surface area contributed by atoms with E-state index in [4.69, 9.17) is 4.74 Å². The zero-order valence-corrected chi connectivity index (χ0v) is 13.8. The van der Waals surface area contributed by atoms with Crippen LogP contribution in [0.2, 0.25) is 0 Å². The molecule has 0 spiro atoms. The Hall–Kier alpha value is -1.13. The van der Waals surface area contributed by atoms with Crippen LogP contribution in [0.4, 0.5) is 0 Å². The van der Waals surface area contributed by atoms with E-state index < -0.39 is 0 Å². The van der Waals surface area contributed by atoms with Gasteiger partial charge in [-0.05, 0) is 46.1 Å². The van der Waals surface area contributed by atoms with Crippen LogP contribution in [0.3, 0.4) is 0 Å². The highest BCUT2D eigenvalue weighted by Crippen LogP contribution is 2.33. The lowest BCUT2D eigenvalue weighted by Crippen LogP contribution is -2.32. The molecule has 2 rings (SSSR count). The summed E-state index contributed by atoms with van der Waals surface area (Å²) in [6.45, 7) is 8.47. The molecule has 1 aromatic heterocycles. The molecule has 0 aromatic carbocycles. The molecular weight excluding hydrogens is 262 g/mol. The lowest BCUT2D eigenvalue weighted by Gasteiger charge is -2.21. The van der Waals surface area contributed by atoms with Gasteiger partial charge in [-0.1, -0.05) is 11.6 Å². The normalized spacial score (nSPS) is 23.2. The molecule has 0 unspecified atom stereocenters. The van der Waals surface area contributed by atoms with E-state index in [-0.39, 0.29) is 6.10 Å². The molecule has 21 heavy (non-hydrogen) atoms. The van der Waals surface area contributed by atoms with Crippen LogP contribution in [0.5, 0.6) is 0 Å². The Morgan fingerprint density at radius 1 is 1.57 bits per heavy atom. The average Bonchev–Trinajstić information content (AvgIpc) is 3.04. The van der Waals surface area contributed by atoms with Crippen molar-refractivity contribution in [3.63, 3.8) is 0 Å². The number of hydrogen-bond acceptors (Lipinski definition) is 3. The van der Waals surface area contributed by atoms with Gasteiger partial charge >= 0.3 is 0 Å². The Balaban J connectivity index is 1.79. The molecule has 0 amide bonds. The highest BCUT2D eigenvalue weighted by molar-refractivity contribution is 5.07. The van der Waals surface area contributed by atoms with Crippen LogP contribution in [-0.4, -0.2) is 29.0 Å². The number of ether oxygens (including phenoxy) is 1. The van der Waals surface area contributed by atoms with Crippen LogP contribution >= 0.6 is 0 Å². The van der Waals surface area contributed by atoms with Crippen LogP contribution in [0.25, 0.3) is 0 Å². The van der Waals surface area contributed by atoms with Crippen LogP contribution in [-0.2, 0) is 11.8 Å². The average molecular weight is 291 g/mol. The number of rotatable bonds is 7. The summed E-state index contributed by atoms with van der Waals surface area (Å²) in [5.41, 5.74) is 2.60. The Morgan fingerprint density at radius 2 is 2.38 bits per heavy atom. The highest BCUT2D eigenvalue weighted by Gasteiger charge is 2.31. The maximum atomic E-state index is 5.93. The van der Waals surface area contributed by atoms with E-state index in [1.54, 1.807) is 0 Å². The van der Waals surface area contributed by atoms with Gasteiger partial charge in [0.25, 0.3) is 0 Å². The van der Waals surface area contributed by atoms with Crippen molar-refractivity contribution in [2.45, 2.75) is 52.2 Å². The number of nitrogens with zero attached hydrogens (tertiary/aromatic N) is 2. The van der Waals surface area contributed by atoms with Gasteiger partial charge in [-0.3, -0.25) is 4.68 Å². The first-order chi connectivity index (χ1) is 10.1. The minimum atomic E-state index is 0.190. The second kappa shape index (κ2) is 7.76. The lowest BCUT2D eigenvalue weighted by atomic mass is 9.98. The van der Waals surface area contributed by atoms with Crippen LogP contribution in [0, 0.1) is 5.92 Å². The summed E-state index contributed by atoms with van der Waals surface area (Å²) in [6.07, 6.45) is 7.83. The van der Waals surface area contributed by atoms with Crippen LogP contribution in [0.15, 0.2) is 23.9 Å². The van der Waals surface area contributed by atoms with Crippen molar-refractivity contribution in [3.05, 3.63) is 29.6 Å². The molecule has 118 valence electrons. The van der Waals surface area contributed by atoms with Crippen molar-refractivity contribution in [2.75, 3.05) is 13.2 Å². The number of hydrogen-bond donors (Lipinski definition) is 1. The molecule has 0 radical (unpaired) electrons. The molecule has 1 aliphatic rings. The lowest BCUT2D eigenvalue weighted by molar-refractivity contribution is 0.0832. The Labute approximate surface area is 128 Å². The van der Waals surface area contributed by atoms with Gasteiger partial charge in [-0.2, -0.15) is 5.10 Å². The first-order valence-corrected chi connectivity index (χ1v) is 8.04. The number of nitrogens with one attached hydrogen (secondary N) is 1. The van der Waals surface area contributed by atoms with E-state index in [1.807, 2.05) is 17.9 Å². The third-order valence-electron chi connectivity index (χ3n) is 4.25. The van der Waals surface area contributed by atoms with E-state index >= 15 is 0 Å². The van der Waals surface area contributed by atoms with E-state index in [0.717, 1.165) is 26.0 Å². The quantitative estimate of drug-likeness (QED) is 0.784. The monoisotopic (exact) mass is 291 g/mol. The zero-order valence-electron chi connectivity index (χ0n) is 13.8. The van der Waals surface area contributed by atoms with Crippen molar-refractivity contribution < 1.29 is 4.74 Å². The second-order valence-electron chi connectivity index (χ2n) is 6.39. The van der Waals surface area contributed by atoms with Gasteiger partial charge < -0.3 is 10.1 Å². The number of aryl methyl sites for hydroxylation is 1. The third kappa shape index (κ3) is 4.68. The van der Waals surface area contributed by atoms with Crippen molar-refractivity contribution >= 4 is 0 Å². The van der Waals surface area contributed by atoms with Gasteiger partial charge in [0, 0.05) is 38.4 Å². The largest absolute Gasteiger partial charge is 0.372 e. The Morgan fingerprint density at radius 3 is 3.05 bits per heavy atom. The minimum Gasteiger partial charge on any atom is -0.372 e. The molecule has 0 saturated carbocycles. The number of allylic oxidation sites excluding steroid dienone is 2. The molecule has 1 fully saturated rings. The van der Waals surface area contributed by atoms with E-state index in [9.17, 15) is 0 Å². The standard InChI is InChI=1S/C17H29N3O/c1-13(2)6-5-7-14(3)18-12-15-9-11-21-17(15)16-8-10-19-20(16)4/h6,8,10,14-15,17-18H,5,7,9,11-12H2,1-4H3/t14-,15-,17+/m0/s1. The van der Waals surface area contributed by atoms with Gasteiger partial charge in [0.05, 0.1) is 5.69 Å². The fourth-order valence-electron chi connectivity index (χ4n) is 2.91. The van der Waals surface area contributed by atoms with Crippen molar-refractivity contribution in [2.24, 2.45) is 13.0 Å². The first-order valence-electron chi connectivity index (χ1n) is 8.04. The van der Waals surface area contributed by atoms with E-state index in [1.165, 1.54) is 17.7 Å². The predicted octanol–water partition coefficient (Wildman–Crippen LogP) is 3.22. The zero-order chi connectivity index (χ0) is 15.2. The fourth-order valence-corrected chi connectivity index (χ4v) is 2.91.